The van der Waals surface area contributed by atoms with Gasteiger partial charge in [0.25, 0.3) is 5.91 Å². The summed E-state index contributed by atoms with van der Waals surface area (Å²) in [5, 5.41) is 6.09. The lowest BCUT2D eigenvalue weighted by Gasteiger charge is -2.08. The van der Waals surface area contributed by atoms with Crippen LogP contribution < -0.4 is 10.6 Å². The van der Waals surface area contributed by atoms with E-state index >= 15 is 0 Å². The number of aromatic nitrogens is 2. The monoisotopic (exact) mass is 346 g/mol. The molecule has 21 heavy (non-hydrogen) atoms. The van der Waals surface area contributed by atoms with E-state index in [4.69, 9.17) is 0 Å². The molecule has 1 aliphatic carbocycles. The van der Waals surface area contributed by atoms with Crippen LogP contribution in [-0.2, 0) is 0 Å². The quantitative estimate of drug-likeness (QED) is 0.892. The summed E-state index contributed by atoms with van der Waals surface area (Å²) in [7, 11) is 0. The molecule has 1 aliphatic rings. The summed E-state index contributed by atoms with van der Waals surface area (Å²) in [5.41, 5.74) is 2.44. The first kappa shape index (κ1) is 14.0. The van der Waals surface area contributed by atoms with Crippen molar-refractivity contribution in [2.45, 2.75) is 25.8 Å². The van der Waals surface area contributed by atoms with E-state index in [1.165, 1.54) is 6.33 Å². The van der Waals surface area contributed by atoms with Crippen molar-refractivity contribution in [2.75, 3.05) is 5.32 Å². The van der Waals surface area contributed by atoms with E-state index in [2.05, 4.69) is 36.5 Å². The SMILES string of the molecule is Cc1ccc(Nc2cc(C(=O)NC3CC3)ncn2)cc1Br. The van der Waals surface area contributed by atoms with Crippen LogP contribution in [0.15, 0.2) is 35.1 Å². The van der Waals surface area contributed by atoms with Crippen molar-refractivity contribution < 1.29 is 4.79 Å². The van der Waals surface area contributed by atoms with Crippen molar-refractivity contribution in [3.63, 3.8) is 0 Å². The summed E-state index contributed by atoms with van der Waals surface area (Å²) in [6.45, 7) is 2.03. The Bertz CT molecular complexity index is 685. The second-order valence-corrected chi connectivity index (χ2v) is 5.98. The fraction of sp³-hybridized carbons (Fsp3) is 0.267. The van der Waals surface area contributed by atoms with Crippen LogP contribution >= 0.6 is 15.9 Å². The van der Waals surface area contributed by atoms with Crippen LogP contribution in [-0.4, -0.2) is 21.9 Å². The van der Waals surface area contributed by atoms with Gasteiger partial charge in [0.1, 0.15) is 17.8 Å². The van der Waals surface area contributed by atoms with Crippen LogP contribution in [0.2, 0.25) is 0 Å². The zero-order valence-corrected chi connectivity index (χ0v) is 13.1. The van der Waals surface area contributed by atoms with Crippen molar-refractivity contribution in [1.82, 2.24) is 15.3 Å². The Morgan fingerprint density at radius 3 is 2.81 bits per heavy atom. The van der Waals surface area contributed by atoms with E-state index in [-0.39, 0.29) is 5.91 Å². The number of aryl methyl sites for hydroxylation is 1. The van der Waals surface area contributed by atoms with E-state index in [1.54, 1.807) is 6.07 Å². The fourth-order valence-corrected chi connectivity index (χ4v) is 2.23. The molecule has 1 aromatic heterocycles. The number of halogens is 1. The van der Waals surface area contributed by atoms with Gasteiger partial charge in [-0.1, -0.05) is 22.0 Å². The molecular weight excluding hydrogens is 332 g/mol. The van der Waals surface area contributed by atoms with Crippen molar-refractivity contribution >= 4 is 33.3 Å². The minimum atomic E-state index is -0.145. The molecule has 1 saturated carbocycles. The highest BCUT2D eigenvalue weighted by Gasteiger charge is 2.24. The van der Waals surface area contributed by atoms with E-state index in [1.807, 2.05) is 25.1 Å². The molecule has 5 nitrogen and oxygen atoms in total. The number of carbonyl (C=O) groups is 1. The first-order valence-electron chi connectivity index (χ1n) is 6.78. The number of anilines is 2. The molecule has 2 aromatic rings. The van der Waals surface area contributed by atoms with Gasteiger partial charge < -0.3 is 10.6 Å². The molecule has 108 valence electrons. The molecule has 0 unspecified atom stereocenters. The molecule has 0 aliphatic heterocycles. The number of rotatable bonds is 4. The lowest BCUT2D eigenvalue weighted by molar-refractivity contribution is 0.0946. The lowest BCUT2D eigenvalue weighted by Crippen LogP contribution is -2.26. The molecular formula is C15H15BrN4O. The Labute approximate surface area is 131 Å². The largest absolute Gasteiger partial charge is 0.348 e. The van der Waals surface area contributed by atoms with E-state index in [0.717, 1.165) is 28.6 Å². The summed E-state index contributed by atoms with van der Waals surface area (Å²) < 4.78 is 1.02. The second-order valence-electron chi connectivity index (χ2n) is 5.13. The Kier molecular flexibility index (Phi) is 3.88. The summed E-state index contributed by atoms with van der Waals surface area (Å²) in [4.78, 5) is 20.1. The normalized spacial score (nSPS) is 13.8. The number of nitrogens with one attached hydrogen (secondary N) is 2. The summed E-state index contributed by atoms with van der Waals surface area (Å²) in [6, 6.07) is 7.92. The number of amides is 1. The van der Waals surface area contributed by atoms with Crippen molar-refractivity contribution in [3.05, 3.63) is 46.3 Å². The summed E-state index contributed by atoms with van der Waals surface area (Å²) in [5.74, 6) is 0.453. The maximum atomic E-state index is 12.0. The molecule has 1 fully saturated rings. The number of benzene rings is 1. The molecule has 0 saturated heterocycles. The Morgan fingerprint density at radius 1 is 1.29 bits per heavy atom. The first-order chi connectivity index (χ1) is 10.1. The highest BCUT2D eigenvalue weighted by Crippen LogP contribution is 2.23. The second kappa shape index (κ2) is 5.81. The van der Waals surface area contributed by atoms with Gasteiger partial charge in [0.2, 0.25) is 0 Å². The van der Waals surface area contributed by atoms with Crippen LogP contribution in [0.1, 0.15) is 28.9 Å². The van der Waals surface area contributed by atoms with Crippen LogP contribution in [0.3, 0.4) is 0 Å². The third-order valence-electron chi connectivity index (χ3n) is 3.26. The topological polar surface area (TPSA) is 66.9 Å². The average Bonchev–Trinajstić information content (AvgIpc) is 3.27. The molecule has 0 atom stereocenters. The molecule has 3 rings (SSSR count). The summed E-state index contributed by atoms with van der Waals surface area (Å²) >= 11 is 3.49. The Balaban J connectivity index is 1.75. The number of hydrogen-bond donors (Lipinski definition) is 2. The fourth-order valence-electron chi connectivity index (χ4n) is 1.86. The minimum Gasteiger partial charge on any atom is -0.348 e. The zero-order chi connectivity index (χ0) is 14.8. The van der Waals surface area contributed by atoms with Gasteiger partial charge in [0.05, 0.1) is 0 Å². The van der Waals surface area contributed by atoms with Crippen molar-refractivity contribution in [2.24, 2.45) is 0 Å². The Morgan fingerprint density at radius 2 is 2.10 bits per heavy atom. The van der Waals surface area contributed by atoms with E-state index in [0.29, 0.717) is 17.6 Å². The van der Waals surface area contributed by atoms with Gasteiger partial charge in [-0.25, -0.2) is 9.97 Å². The number of nitrogens with zero attached hydrogens (tertiary/aromatic N) is 2. The third kappa shape index (κ3) is 3.58. The molecule has 2 N–H and O–H groups in total. The molecule has 1 amide bonds. The smallest absolute Gasteiger partial charge is 0.270 e. The number of hydrogen-bond acceptors (Lipinski definition) is 4. The standard InChI is InChI=1S/C15H15BrN4O/c1-9-2-3-11(6-12(9)16)19-14-7-13(17-8-18-14)15(21)20-10-4-5-10/h2-3,6-8,10H,4-5H2,1H3,(H,20,21)(H,17,18,19). The van der Waals surface area contributed by atoms with Gasteiger partial charge in [-0.15, -0.1) is 0 Å². The van der Waals surface area contributed by atoms with Crippen LogP contribution in [0.5, 0.6) is 0 Å². The molecule has 1 aromatic carbocycles. The van der Waals surface area contributed by atoms with Gasteiger partial charge >= 0.3 is 0 Å². The Hall–Kier alpha value is -1.95. The molecule has 0 radical (unpaired) electrons. The maximum Gasteiger partial charge on any atom is 0.270 e. The van der Waals surface area contributed by atoms with Gasteiger partial charge in [-0.3, -0.25) is 4.79 Å². The summed E-state index contributed by atoms with van der Waals surface area (Å²) in [6.07, 6.45) is 3.51. The van der Waals surface area contributed by atoms with E-state index < -0.39 is 0 Å². The number of carbonyl (C=O) groups excluding carboxylic acids is 1. The highest BCUT2D eigenvalue weighted by atomic mass is 79.9. The van der Waals surface area contributed by atoms with Crippen LogP contribution in [0.4, 0.5) is 11.5 Å². The average molecular weight is 347 g/mol. The molecule has 0 bridgehead atoms. The zero-order valence-electron chi connectivity index (χ0n) is 11.6. The van der Waals surface area contributed by atoms with Gasteiger partial charge in [0, 0.05) is 22.3 Å². The molecule has 6 heteroatoms. The van der Waals surface area contributed by atoms with Crippen molar-refractivity contribution in [3.8, 4) is 0 Å². The first-order valence-corrected chi connectivity index (χ1v) is 7.57. The van der Waals surface area contributed by atoms with Gasteiger partial charge in [0.15, 0.2) is 0 Å². The van der Waals surface area contributed by atoms with Gasteiger partial charge in [-0.2, -0.15) is 0 Å². The lowest BCUT2D eigenvalue weighted by atomic mass is 10.2. The molecule has 0 spiro atoms. The van der Waals surface area contributed by atoms with Crippen molar-refractivity contribution in [1.29, 1.82) is 0 Å². The predicted octanol–water partition coefficient (Wildman–Crippen LogP) is 3.18. The van der Waals surface area contributed by atoms with Crippen LogP contribution in [0.25, 0.3) is 0 Å². The molecule has 1 heterocycles. The highest BCUT2D eigenvalue weighted by molar-refractivity contribution is 9.10. The van der Waals surface area contributed by atoms with Gasteiger partial charge in [-0.05, 0) is 37.5 Å². The maximum absolute atomic E-state index is 12.0. The minimum absolute atomic E-state index is 0.145. The predicted molar refractivity (Wildman–Crippen MR) is 84.7 cm³/mol. The van der Waals surface area contributed by atoms with Crippen LogP contribution in [0, 0.1) is 6.92 Å². The van der Waals surface area contributed by atoms with E-state index in [9.17, 15) is 4.79 Å². The third-order valence-corrected chi connectivity index (χ3v) is 4.11.